The topological polar surface area (TPSA) is 81.5 Å². The summed E-state index contributed by atoms with van der Waals surface area (Å²) < 4.78 is 6.64. The van der Waals surface area contributed by atoms with E-state index in [2.05, 4.69) is 4.98 Å². The van der Waals surface area contributed by atoms with Gasteiger partial charge in [0, 0.05) is 37.8 Å². The Bertz CT molecular complexity index is 1060. The molecule has 1 aromatic carbocycles. The molecular formula is C25H33N3O4S. The zero-order valence-corrected chi connectivity index (χ0v) is 20.9. The van der Waals surface area contributed by atoms with Gasteiger partial charge in [0.2, 0.25) is 5.91 Å². The first kappa shape index (κ1) is 25.0. The summed E-state index contributed by atoms with van der Waals surface area (Å²) >= 11 is 1.30. The second-order valence-corrected chi connectivity index (χ2v) is 9.90. The van der Waals surface area contributed by atoms with E-state index in [1.54, 1.807) is 18.9 Å². The summed E-state index contributed by atoms with van der Waals surface area (Å²) in [7, 11) is 1.71. The van der Waals surface area contributed by atoms with E-state index in [4.69, 9.17) is 4.74 Å². The normalized spacial score (nSPS) is 15.4. The number of likely N-dealkylation sites (tertiary alicyclic amines) is 1. The van der Waals surface area contributed by atoms with E-state index < -0.39 is 0 Å². The number of hydrogen-bond donors (Lipinski definition) is 0. The van der Waals surface area contributed by atoms with Gasteiger partial charge in [-0.2, -0.15) is 0 Å². The van der Waals surface area contributed by atoms with Crippen molar-refractivity contribution in [1.29, 1.82) is 0 Å². The van der Waals surface area contributed by atoms with Gasteiger partial charge in [0.1, 0.15) is 0 Å². The van der Waals surface area contributed by atoms with Crippen LogP contribution in [0.1, 0.15) is 49.1 Å². The first-order valence-corrected chi connectivity index (χ1v) is 12.3. The van der Waals surface area contributed by atoms with Crippen LogP contribution in [0.3, 0.4) is 0 Å². The van der Waals surface area contributed by atoms with Crippen molar-refractivity contribution in [3.8, 4) is 0 Å². The van der Waals surface area contributed by atoms with Gasteiger partial charge in [-0.1, -0.05) is 41.6 Å². The molecule has 0 N–H and O–H groups in total. The highest BCUT2D eigenvalue weighted by molar-refractivity contribution is 8.00. The highest BCUT2D eigenvalue weighted by Crippen LogP contribution is 2.26. The van der Waals surface area contributed by atoms with Crippen LogP contribution >= 0.6 is 11.8 Å². The van der Waals surface area contributed by atoms with E-state index in [1.165, 1.54) is 21.9 Å². The molecule has 2 aromatic rings. The van der Waals surface area contributed by atoms with Crippen molar-refractivity contribution < 1.29 is 14.3 Å². The van der Waals surface area contributed by atoms with Gasteiger partial charge < -0.3 is 9.64 Å². The third-order valence-electron chi connectivity index (χ3n) is 6.11. The zero-order valence-electron chi connectivity index (χ0n) is 20.1. The molecule has 3 rings (SSSR count). The highest BCUT2D eigenvalue weighted by Gasteiger charge is 2.31. The maximum Gasteiger partial charge on any atom is 0.309 e. The van der Waals surface area contributed by atoms with Crippen LogP contribution < -0.4 is 5.56 Å². The van der Waals surface area contributed by atoms with Crippen molar-refractivity contribution in [2.75, 3.05) is 19.7 Å². The number of benzene rings is 1. The van der Waals surface area contributed by atoms with Gasteiger partial charge in [-0.3, -0.25) is 19.0 Å². The van der Waals surface area contributed by atoms with E-state index >= 15 is 0 Å². The fourth-order valence-electron chi connectivity index (χ4n) is 4.01. The lowest BCUT2D eigenvalue weighted by Gasteiger charge is -2.32. The number of carbonyl (C=O) groups excluding carboxylic acids is 2. The van der Waals surface area contributed by atoms with Crippen molar-refractivity contribution >= 4 is 23.6 Å². The van der Waals surface area contributed by atoms with E-state index in [-0.39, 0.29) is 28.6 Å². The predicted molar refractivity (Wildman–Crippen MR) is 129 cm³/mol. The quantitative estimate of drug-likeness (QED) is 0.350. The van der Waals surface area contributed by atoms with Crippen molar-refractivity contribution in [1.82, 2.24) is 14.5 Å². The number of rotatable bonds is 7. The minimum absolute atomic E-state index is 0.00190. The van der Waals surface area contributed by atoms with E-state index in [0.717, 1.165) is 5.56 Å². The summed E-state index contributed by atoms with van der Waals surface area (Å²) in [5, 5.41) is 0.150. The minimum atomic E-state index is -0.385. The van der Waals surface area contributed by atoms with Gasteiger partial charge in [0.25, 0.3) is 5.56 Å². The number of amides is 1. The lowest BCUT2D eigenvalue weighted by atomic mass is 9.97. The van der Waals surface area contributed by atoms with Gasteiger partial charge in [-0.15, -0.1) is 0 Å². The van der Waals surface area contributed by atoms with Crippen LogP contribution in [0.4, 0.5) is 0 Å². The molecule has 8 heteroatoms. The Kier molecular flexibility index (Phi) is 8.35. The summed E-state index contributed by atoms with van der Waals surface area (Å²) in [6.45, 7) is 8.97. The maximum atomic E-state index is 13.1. The Hall–Kier alpha value is -2.61. The summed E-state index contributed by atoms with van der Waals surface area (Å²) in [5.41, 5.74) is 3.53. The van der Waals surface area contributed by atoms with Gasteiger partial charge in [-0.25, -0.2) is 4.98 Å². The number of hydrogen-bond acceptors (Lipinski definition) is 6. The number of esters is 1. The lowest BCUT2D eigenvalue weighted by Crippen LogP contribution is -2.43. The molecule has 1 aliphatic rings. The molecule has 1 aliphatic heterocycles. The van der Waals surface area contributed by atoms with Crippen LogP contribution in [0.15, 0.2) is 34.2 Å². The maximum absolute atomic E-state index is 13.1. The number of ether oxygens (including phenoxy) is 1. The van der Waals surface area contributed by atoms with Crippen LogP contribution in [0.5, 0.6) is 0 Å². The van der Waals surface area contributed by atoms with Crippen LogP contribution in [0.25, 0.3) is 0 Å². The molecule has 7 nitrogen and oxygen atoms in total. The number of thioether (sulfide) groups is 1. The Labute approximate surface area is 199 Å². The van der Waals surface area contributed by atoms with Gasteiger partial charge in [0.15, 0.2) is 5.16 Å². The number of carbonyl (C=O) groups is 2. The minimum Gasteiger partial charge on any atom is -0.466 e. The Morgan fingerprint density at radius 2 is 1.82 bits per heavy atom. The SMILES string of the molecule is CCOC(=O)C1CCN(C(=O)C(C)Sc2nc(C)c(Cc3ccc(C)cc3)c(=O)n2C)CC1. The third kappa shape index (κ3) is 6.05. The molecule has 1 unspecified atom stereocenters. The molecule has 0 bridgehead atoms. The van der Waals surface area contributed by atoms with Crippen molar-refractivity contribution in [2.24, 2.45) is 13.0 Å². The number of aromatic nitrogens is 2. The molecule has 0 saturated carbocycles. The molecule has 1 aromatic heterocycles. The van der Waals surface area contributed by atoms with E-state index in [9.17, 15) is 14.4 Å². The van der Waals surface area contributed by atoms with Crippen LogP contribution in [0.2, 0.25) is 0 Å². The second kappa shape index (κ2) is 11.0. The molecule has 178 valence electrons. The molecular weight excluding hydrogens is 438 g/mol. The number of aryl methyl sites for hydroxylation is 2. The fourth-order valence-corrected chi connectivity index (χ4v) is 5.01. The average molecular weight is 472 g/mol. The molecule has 0 radical (unpaired) electrons. The van der Waals surface area contributed by atoms with Crippen LogP contribution in [-0.2, 0) is 27.8 Å². The summed E-state index contributed by atoms with van der Waals surface area (Å²) in [6, 6.07) is 8.14. The molecule has 33 heavy (non-hydrogen) atoms. The lowest BCUT2D eigenvalue weighted by molar-refractivity contribution is -0.151. The van der Waals surface area contributed by atoms with E-state index in [1.807, 2.05) is 45.0 Å². The molecule has 1 amide bonds. The van der Waals surface area contributed by atoms with Gasteiger partial charge in [-0.05, 0) is 46.1 Å². The largest absolute Gasteiger partial charge is 0.466 e. The molecule has 1 fully saturated rings. The van der Waals surface area contributed by atoms with Gasteiger partial charge in [0.05, 0.1) is 17.8 Å². The standard InChI is InChI=1S/C25H33N3O4S/c1-6-32-24(31)20-11-13-28(14-12-20)22(29)18(4)33-25-26-17(3)21(23(30)27(25)5)15-19-9-7-16(2)8-10-19/h7-10,18,20H,6,11-15H2,1-5H3. The smallest absolute Gasteiger partial charge is 0.309 e. The Morgan fingerprint density at radius 1 is 1.18 bits per heavy atom. The van der Waals surface area contributed by atoms with Crippen LogP contribution in [-0.4, -0.2) is 51.3 Å². The van der Waals surface area contributed by atoms with Crippen molar-refractivity contribution in [3.05, 3.63) is 57.0 Å². The summed E-state index contributed by atoms with van der Waals surface area (Å²) in [5.74, 6) is -0.312. The molecule has 2 heterocycles. The highest BCUT2D eigenvalue weighted by atomic mass is 32.2. The molecule has 1 saturated heterocycles. The van der Waals surface area contributed by atoms with Gasteiger partial charge >= 0.3 is 5.97 Å². The predicted octanol–water partition coefficient (Wildman–Crippen LogP) is 3.27. The first-order valence-electron chi connectivity index (χ1n) is 11.4. The number of nitrogens with zero attached hydrogens (tertiary/aromatic N) is 3. The summed E-state index contributed by atoms with van der Waals surface area (Å²) in [4.78, 5) is 44.5. The molecule has 0 spiro atoms. The second-order valence-electron chi connectivity index (χ2n) is 8.60. The summed E-state index contributed by atoms with van der Waals surface area (Å²) in [6.07, 6.45) is 1.76. The monoisotopic (exact) mass is 471 g/mol. The van der Waals surface area contributed by atoms with Crippen molar-refractivity contribution in [2.45, 2.75) is 57.4 Å². The Morgan fingerprint density at radius 3 is 2.42 bits per heavy atom. The average Bonchev–Trinajstić information content (AvgIpc) is 2.81. The molecule has 1 atom stereocenters. The Balaban J connectivity index is 1.66. The number of piperidine rings is 1. The zero-order chi connectivity index (χ0) is 24.1. The third-order valence-corrected chi connectivity index (χ3v) is 7.24. The first-order chi connectivity index (χ1) is 15.7. The fraction of sp³-hybridized carbons (Fsp3) is 0.520. The molecule has 0 aliphatic carbocycles. The van der Waals surface area contributed by atoms with Crippen molar-refractivity contribution in [3.63, 3.8) is 0 Å². The van der Waals surface area contributed by atoms with E-state index in [0.29, 0.717) is 55.4 Å². The van der Waals surface area contributed by atoms with Crippen LogP contribution in [0, 0.1) is 19.8 Å².